The van der Waals surface area contributed by atoms with Gasteiger partial charge in [0.2, 0.25) is 0 Å². The molecule has 0 aliphatic carbocycles. The van der Waals surface area contributed by atoms with Crippen molar-refractivity contribution in [2.24, 2.45) is 0 Å². The van der Waals surface area contributed by atoms with Gasteiger partial charge >= 0.3 is 0 Å². The minimum Gasteiger partial charge on any atom is -0.295 e. The summed E-state index contributed by atoms with van der Waals surface area (Å²) in [7, 11) is 0. The lowest BCUT2D eigenvalue weighted by Gasteiger charge is -2.09. The van der Waals surface area contributed by atoms with Gasteiger partial charge in [0, 0.05) is 11.6 Å². The second-order valence-corrected chi connectivity index (χ2v) is 5.03. The molecular weight excluding hydrogens is 260 g/mol. The van der Waals surface area contributed by atoms with Crippen LogP contribution in [0.5, 0.6) is 0 Å². The Balaban J connectivity index is 1.93. The Morgan fingerprint density at radius 1 is 1.00 bits per heavy atom. The Hall–Kier alpha value is -2.68. The Kier molecular flexibility index (Phi) is 3.65. The van der Waals surface area contributed by atoms with Crippen LogP contribution in [0.2, 0.25) is 0 Å². The minimum atomic E-state index is -0.0351. The van der Waals surface area contributed by atoms with Gasteiger partial charge < -0.3 is 0 Å². The first kappa shape index (κ1) is 13.3. The molecule has 0 fully saturated rings. The van der Waals surface area contributed by atoms with Gasteiger partial charge in [0.1, 0.15) is 0 Å². The first-order chi connectivity index (χ1) is 10.2. The lowest BCUT2D eigenvalue weighted by Crippen LogP contribution is -2.20. The summed E-state index contributed by atoms with van der Waals surface area (Å²) in [4.78, 5) is 16.7. The molecule has 3 nitrogen and oxygen atoms in total. The molecule has 1 heterocycles. The average Bonchev–Trinajstić information content (AvgIpc) is 2.52. The van der Waals surface area contributed by atoms with Crippen molar-refractivity contribution in [2.45, 2.75) is 13.5 Å². The fourth-order valence-electron chi connectivity index (χ4n) is 2.28. The van der Waals surface area contributed by atoms with E-state index in [1.807, 2.05) is 61.5 Å². The SMILES string of the molecule is Cc1ccccc1Cn1cnc(-c2ccccc2)cc1=O. The minimum absolute atomic E-state index is 0.0351. The van der Waals surface area contributed by atoms with E-state index in [2.05, 4.69) is 4.98 Å². The zero-order chi connectivity index (χ0) is 14.7. The number of aromatic nitrogens is 2. The number of aryl methyl sites for hydroxylation is 1. The molecule has 2 aromatic carbocycles. The van der Waals surface area contributed by atoms with Gasteiger partial charge in [-0.2, -0.15) is 0 Å². The van der Waals surface area contributed by atoms with E-state index in [1.54, 1.807) is 17.0 Å². The van der Waals surface area contributed by atoms with Crippen molar-refractivity contribution in [3.8, 4) is 11.3 Å². The summed E-state index contributed by atoms with van der Waals surface area (Å²) in [5.41, 5.74) is 3.94. The molecule has 0 saturated carbocycles. The molecule has 0 spiro atoms. The van der Waals surface area contributed by atoms with Crippen molar-refractivity contribution in [1.29, 1.82) is 0 Å². The second kappa shape index (κ2) is 5.75. The van der Waals surface area contributed by atoms with Gasteiger partial charge in [-0.1, -0.05) is 54.6 Å². The standard InChI is InChI=1S/C18H16N2O/c1-14-7-5-6-10-16(14)12-20-13-19-17(11-18(20)21)15-8-3-2-4-9-15/h2-11,13H,12H2,1H3. The molecule has 21 heavy (non-hydrogen) atoms. The molecule has 3 aromatic rings. The van der Waals surface area contributed by atoms with Crippen LogP contribution in [-0.4, -0.2) is 9.55 Å². The Morgan fingerprint density at radius 2 is 1.71 bits per heavy atom. The predicted molar refractivity (Wildman–Crippen MR) is 84.2 cm³/mol. The molecule has 0 aliphatic rings. The zero-order valence-electron chi connectivity index (χ0n) is 11.9. The Labute approximate surface area is 123 Å². The molecule has 0 radical (unpaired) electrons. The fraction of sp³-hybridized carbons (Fsp3) is 0.111. The van der Waals surface area contributed by atoms with E-state index in [0.29, 0.717) is 12.2 Å². The van der Waals surface area contributed by atoms with Gasteiger partial charge in [0.05, 0.1) is 18.6 Å². The molecule has 0 saturated heterocycles. The Morgan fingerprint density at radius 3 is 2.43 bits per heavy atom. The maximum atomic E-state index is 12.3. The van der Waals surface area contributed by atoms with Gasteiger partial charge in [0.25, 0.3) is 5.56 Å². The molecule has 3 rings (SSSR count). The van der Waals surface area contributed by atoms with E-state index in [0.717, 1.165) is 11.1 Å². The first-order valence-electron chi connectivity index (χ1n) is 6.90. The van der Waals surface area contributed by atoms with Gasteiger partial charge in [0.15, 0.2) is 0 Å². The summed E-state index contributed by atoms with van der Waals surface area (Å²) in [6.07, 6.45) is 1.62. The smallest absolute Gasteiger partial charge is 0.254 e. The summed E-state index contributed by atoms with van der Waals surface area (Å²) in [5, 5.41) is 0. The van der Waals surface area contributed by atoms with Crippen LogP contribution >= 0.6 is 0 Å². The van der Waals surface area contributed by atoms with E-state index in [1.165, 1.54) is 5.56 Å². The van der Waals surface area contributed by atoms with Crippen LogP contribution in [0.15, 0.2) is 71.8 Å². The number of benzene rings is 2. The third-order valence-electron chi connectivity index (χ3n) is 3.55. The van der Waals surface area contributed by atoms with Crippen LogP contribution in [0.25, 0.3) is 11.3 Å². The third kappa shape index (κ3) is 2.92. The second-order valence-electron chi connectivity index (χ2n) is 5.03. The summed E-state index contributed by atoms with van der Waals surface area (Å²) in [6, 6.07) is 19.4. The predicted octanol–water partition coefficient (Wildman–Crippen LogP) is 3.27. The molecule has 0 aliphatic heterocycles. The van der Waals surface area contributed by atoms with Gasteiger partial charge in [-0.05, 0) is 18.1 Å². The van der Waals surface area contributed by atoms with Crippen LogP contribution in [0.3, 0.4) is 0 Å². The maximum Gasteiger partial charge on any atom is 0.254 e. The monoisotopic (exact) mass is 276 g/mol. The van der Waals surface area contributed by atoms with E-state index >= 15 is 0 Å². The van der Waals surface area contributed by atoms with Gasteiger partial charge in [-0.25, -0.2) is 4.98 Å². The molecule has 3 heteroatoms. The quantitative estimate of drug-likeness (QED) is 0.736. The van der Waals surface area contributed by atoms with E-state index in [9.17, 15) is 4.79 Å². The highest BCUT2D eigenvalue weighted by Gasteiger charge is 2.04. The fourth-order valence-corrected chi connectivity index (χ4v) is 2.28. The van der Waals surface area contributed by atoms with Crippen molar-refractivity contribution in [1.82, 2.24) is 9.55 Å². The average molecular weight is 276 g/mol. The van der Waals surface area contributed by atoms with Crippen LogP contribution in [0.1, 0.15) is 11.1 Å². The molecule has 0 N–H and O–H groups in total. The molecule has 0 amide bonds. The normalized spacial score (nSPS) is 10.5. The molecule has 0 bridgehead atoms. The highest BCUT2D eigenvalue weighted by Crippen LogP contribution is 2.14. The molecule has 104 valence electrons. The van der Waals surface area contributed by atoms with Crippen LogP contribution in [-0.2, 0) is 6.54 Å². The lowest BCUT2D eigenvalue weighted by molar-refractivity contribution is 0.734. The molecule has 0 unspecified atom stereocenters. The van der Waals surface area contributed by atoms with Crippen molar-refractivity contribution in [2.75, 3.05) is 0 Å². The number of rotatable bonds is 3. The van der Waals surface area contributed by atoms with Crippen LogP contribution in [0, 0.1) is 6.92 Å². The molecule has 0 atom stereocenters. The third-order valence-corrected chi connectivity index (χ3v) is 3.55. The zero-order valence-corrected chi connectivity index (χ0v) is 11.9. The van der Waals surface area contributed by atoms with Crippen molar-refractivity contribution in [3.05, 3.63) is 88.5 Å². The largest absolute Gasteiger partial charge is 0.295 e. The summed E-state index contributed by atoms with van der Waals surface area (Å²) in [6.45, 7) is 2.60. The topological polar surface area (TPSA) is 34.9 Å². The van der Waals surface area contributed by atoms with Crippen molar-refractivity contribution >= 4 is 0 Å². The van der Waals surface area contributed by atoms with E-state index in [-0.39, 0.29) is 5.56 Å². The van der Waals surface area contributed by atoms with Gasteiger partial charge in [-0.3, -0.25) is 9.36 Å². The highest BCUT2D eigenvalue weighted by atomic mass is 16.1. The highest BCUT2D eigenvalue weighted by molar-refractivity contribution is 5.57. The van der Waals surface area contributed by atoms with E-state index < -0.39 is 0 Å². The Bertz CT molecular complexity index is 807. The lowest BCUT2D eigenvalue weighted by atomic mass is 10.1. The number of hydrogen-bond acceptors (Lipinski definition) is 2. The van der Waals surface area contributed by atoms with Crippen LogP contribution in [0.4, 0.5) is 0 Å². The number of nitrogens with zero attached hydrogens (tertiary/aromatic N) is 2. The summed E-state index contributed by atoms with van der Waals surface area (Å²) < 4.78 is 1.63. The van der Waals surface area contributed by atoms with Crippen LogP contribution < -0.4 is 5.56 Å². The van der Waals surface area contributed by atoms with Crippen molar-refractivity contribution in [3.63, 3.8) is 0 Å². The molecule has 1 aromatic heterocycles. The summed E-state index contributed by atoms with van der Waals surface area (Å²) in [5.74, 6) is 0. The summed E-state index contributed by atoms with van der Waals surface area (Å²) >= 11 is 0. The molecular formula is C18H16N2O. The van der Waals surface area contributed by atoms with Gasteiger partial charge in [-0.15, -0.1) is 0 Å². The first-order valence-corrected chi connectivity index (χ1v) is 6.90. The maximum absolute atomic E-state index is 12.3. The van der Waals surface area contributed by atoms with E-state index in [4.69, 9.17) is 0 Å². The number of hydrogen-bond donors (Lipinski definition) is 0. The van der Waals surface area contributed by atoms with Crippen molar-refractivity contribution < 1.29 is 0 Å².